The summed E-state index contributed by atoms with van der Waals surface area (Å²) in [6.07, 6.45) is 5.47. The summed E-state index contributed by atoms with van der Waals surface area (Å²) in [5, 5.41) is 22.5. The van der Waals surface area contributed by atoms with Crippen LogP contribution in [0.5, 0.6) is 11.5 Å². The molecule has 0 aromatic heterocycles. The SMILES string of the molecule is CCCCN[C@@H]1CCc2cc(O)c(O)cc2C1.Cl. The van der Waals surface area contributed by atoms with Gasteiger partial charge in [0, 0.05) is 6.04 Å². The van der Waals surface area contributed by atoms with Crippen molar-refractivity contribution in [2.45, 2.75) is 45.1 Å². The fraction of sp³-hybridized carbons (Fsp3) is 0.571. The summed E-state index contributed by atoms with van der Waals surface area (Å²) in [5.74, 6) is -0.000833. The zero-order chi connectivity index (χ0) is 12.3. The number of unbranched alkanes of at least 4 members (excludes halogenated alkanes) is 1. The molecule has 0 fully saturated rings. The number of phenols is 2. The van der Waals surface area contributed by atoms with E-state index < -0.39 is 0 Å². The highest BCUT2D eigenvalue weighted by Gasteiger charge is 2.19. The highest BCUT2D eigenvalue weighted by molar-refractivity contribution is 5.85. The van der Waals surface area contributed by atoms with Crippen molar-refractivity contribution < 1.29 is 10.2 Å². The number of aromatic hydroxyl groups is 2. The lowest BCUT2D eigenvalue weighted by molar-refractivity contribution is 0.398. The Morgan fingerprint density at radius 1 is 1.22 bits per heavy atom. The molecule has 1 aromatic carbocycles. The van der Waals surface area contributed by atoms with Crippen LogP contribution in [0.1, 0.15) is 37.3 Å². The molecule has 0 bridgehead atoms. The van der Waals surface area contributed by atoms with Crippen LogP contribution in [0.4, 0.5) is 0 Å². The molecule has 1 aromatic rings. The summed E-state index contributed by atoms with van der Waals surface area (Å²) in [4.78, 5) is 0. The first-order valence-corrected chi connectivity index (χ1v) is 6.47. The van der Waals surface area contributed by atoms with Gasteiger partial charge in [0.2, 0.25) is 0 Å². The average Bonchev–Trinajstić information content (AvgIpc) is 2.31. The molecule has 0 unspecified atom stereocenters. The Balaban J connectivity index is 0.00000162. The number of hydrogen-bond acceptors (Lipinski definition) is 3. The lowest BCUT2D eigenvalue weighted by atomic mass is 9.88. The highest BCUT2D eigenvalue weighted by atomic mass is 35.5. The van der Waals surface area contributed by atoms with Crippen molar-refractivity contribution in [2.75, 3.05) is 6.54 Å². The standard InChI is InChI=1S/C14H21NO2.ClH/c1-2-3-6-15-12-5-4-10-8-13(16)14(17)9-11(10)7-12;/h8-9,12,15-17H,2-7H2,1H3;1H/t12-;/m1./s1. The van der Waals surface area contributed by atoms with E-state index in [4.69, 9.17) is 0 Å². The molecule has 1 aliphatic rings. The predicted octanol–water partition coefficient (Wildman–Crippen LogP) is 2.77. The number of hydrogen-bond donors (Lipinski definition) is 3. The number of phenolic OH excluding ortho intramolecular Hbond substituents is 2. The molecular weight excluding hydrogens is 250 g/mol. The molecule has 2 rings (SSSR count). The minimum Gasteiger partial charge on any atom is -0.504 e. The summed E-state index contributed by atoms with van der Waals surface area (Å²) >= 11 is 0. The Bertz CT molecular complexity index is 396. The van der Waals surface area contributed by atoms with Gasteiger partial charge in [-0.3, -0.25) is 0 Å². The van der Waals surface area contributed by atoms with Crippen LogP contribution in [-0.4, -0.2) is 22.8 Å². The molecule has 1 aliphatic carbocycles. The van der Waals surface area contributed by atoms with Gasteiger partial charge in [-0.1, -0.05) is 13.3 Å². The second-order valence-corrected chi connectivity index (χ2v) is 4.86. The highest BCUT2D eigenvalue weighted by Crippen LogP contribution is 2.32. The predicted molar refractivity (Wildman–Crippen MR) is 75.7 cm³/mol. The van der Waals surface area contributed by atoms with Crippen molar-refractivity contribution in [3.8, 4) is 11.5 Å². The van der Waals surface area contributed by atoms with E-state index >= 15 is 0 Å². The summed E-state index contributed by atoms with van der Waals surface area (Å²) in [5.41, 5.74) is 2.34. The summed E-state index contributed by atoms with van der Waals surface area (Å²) < 4.78 is 0. The van der Waals surface area contributed by atoms with Crippen LogP contribution in [0.25, 0.3) is 0 Å². The van der Waals surface area contributed by atoms with Gasteiger partial charge in [0.05, 0.1) is 0 Å². The molecule has 102 valence electrons. The molecule has 3 nitrogen and oxygen atoms in total. The zero-order valence-corrected chi connectivity index (χ0v) is 11.6. The molecule has 0 saturated heterocycles. The van der Waals surface area contributed by atoms with Gasteiger partial charge in [0.25, 0.3) is 0 Å². The van der Waals surface area contributed by atoms with Crippen LogP contribution in [-0.2, 0) is 12.8 Å². The van der Waals surface area contributed by atoms with Crippen molar-refractivity contribution in [1.82, 2.24) is 5.32 Å². The first-order valence-electron chi connectivity index (χ1n) is 6.47. The molecule has 0 heterocycles. The molecule has 0 spiro atoms. The third kappa shape index (κ3) is 3.53. The molecular formula is C14H22ClNO2. The van der Waals surface area contributed by atoms with Crippen LogP contribution >= 0.6 is 12.4 Å². The molecule has 4 heteroatoms. The number of fused-ring (bicyclic) bond motifs is 1. The van der Waals surface area contributed by atoms with Gasteiger partial charge in [-0.15, -0.1) is 12.4 Å². The Morgan fingerprint density at radius 3 is 2.56 bits per heavy atom. The van der Waals surface area contributed by atoms with E-state index in [0.29, 0.717) is 6.04 Å². The molecule has 0 amide bonds. The molecule has 0 aliphatic heterocycles. The third-order valence-electron chi connectivity index (χ3n) is 3.49. The van der Waals surface area contributed by atoms with Gasteiger partial charge in [-0.05, 0) is 55.5 Å². The van der Waals surface area contributed by atoms with E-state index in [0.717, 1.165) is 25.8 Å². The largest absolute Gasteiger partial charge is 0.504 e. The van der Waals surface area contributed by atoms with Crippen molar-refractivity contribution in [2.24, 2.45) is 0 Å². The maximum absolute atomic E-state index is 9.51. The van der Waals surface area contributed by atoms with Crippen LogP contribution in [0, 0.1) is 0 Å². The Kier molecular flexibility index (Phi) is 5.76. The lowest BCUT2D eigenvalue weighted by Gasteiger charge is -2.26. The molecule has 0 saturated carbocycles. The minimum atomic E-state index is -0.00189. The molecule has 3 N–H and O–H groups in total. The quantitative estimate of drug-likeness (QED) is 0.583. The van der Waals surface area contributed by atoms with Crippen LogP contribution < -0.4 is 5.32 Å². The number of benzene rings is 1. The van der Waals surface area contributed by atoms with Crippen LogP contribution in [0.15, 0.2) is 12.1 Å². The number of halogens is 1. The maximum Gasteiger partial charge on any atom is 0.157 e. The van der Waals surface area contributed by atoms with Crippen LogP contribution in [0.3, 0.4) is 0 Å². The van der Waals surface area contributed by atoms with E-state index in [9.17, 15) is 10.2 Å². The zero-order valence-electron chi connectivity index (χ0n) is 10.8. The summed E-state index contributed by atoms with van der Waals surface area (Å²) in [6, 6.07) is 3.92. The van der Waals surface area contributed by atoms with E-state index in [-0.39, 0.29) is 23.9 Å². The van der Waals surface area contributed by atoms with E-state index in [2.05, 4.69) is 12.2 Å². The lowest BCUT2D eigenvalue weighted by Crippen LogP contribution is -2.35. The number of rotatable bonds is 4. The first kappa shape index (κ1) is 15.1. The summed E-state index contributed by atoms with van der Waals surface area (Å²) in [7, 11) is 0. The minimum absolute atomic E-state index is 0. The maximum atomic E-state index is 9.51. The van der Waals surface area contributed by atoms with Gasteiger partial charge in [0.1, 0.15) is 0 Å². The second kappa shape index (κ2) is 6.86. The Labute approximate surface area is 115 Å². The molecule has 1 atom stereocenters. The fourth-order valence-electron chi connectivity index (χ4n) is 2.44. The summed E-state index contributed by atoms with van der Waals surface area (Å²) in [6.45, 7) is 3.26. The third-order valence-corrected chi connectivity index (χ3v) is 3.49. The van der Waals surface area contributed by atoms with Crippen molar-refractivity contribution in [3.05, 3.63) is 23.3 Å². The van der Waals surface area contributed by atoms with E-state index in [1.54, 1.807) is 12.1 Å². The fourth-order valence-corrected chi connectivity index (χ4v) is 2.44. The number of nitrogens with one attached hydrogen (secondary N) is 1. The van der Waals surface area contributed by atoms with Crippen molar-refractivity contribution >= 4 is 12.4 Å². The van der Waals surface area contributed by atoms with Gasteiger partial charge < -0.3 is 15.5 Å². The smallest absolute Gasteiger partial charge is 0.157 e. The first-order chi connectivity index (χ1) is 8.20. The Hall–Kier alpha value is -0.930. The van der Waals surface area contributed by atoms with Gasteiger partial charge in [-0.25, -0.2) is 0 Å². The topological polar surface area (TPSA) is 52.5 Å². The normalized spacial score (nSPS) is 17.9. The monoisotopic (exact) mass is 271 g/mol. The van der Waals surface area contributed by atoms with E-state index in [1.807, 2.05) is 0 Å². The van der Waals surface area contributed by atoms with E-state index in [1.165, 1.54) is 24.0 Å². The average molecular weight is 272 g/mol. The second-order valence-electron chi connectivity index (χ2n) is 4.86. The van der Waals surface area contributed by atoms with Gasteiger partial charge in [-0.2, -0.15) is 0 Å². The molecule has 0 radical (unpaired) electrons. The van der Waals surface area contributed by atoms with Crippen molar-refractivity contribution in [1.29, 1.82) is 0 Å². The van der Waals surface area contributed by atoms with Crippen molar-refractivity contribution in [3.63, 3.8) is 0 Å². The number of aryl methyl sites for hydroxylation is 1. The van der Waals surface area contributed by atoms with Gasteiger partial charge >= 0.3 is 0 Å². The van der Waals surface area contributed by atoms with Crippen LogP contribution in [0.2, 0.25) is 0 Å². The Morgan fingerprint density at radius 2 is 1.89 bits per heavy atom. The molecule has 18 heavy (non-hydrogen) atoms. The van der Waals surface area contributed by atoms with Gasteiger partial charge in [0.15, 0.2) is 11.5 Å².